The highest BCUT2D eigenvalue weighted by Gasteiger charge is 2.24. The number of nitrogens with one attached hydrogen (secondary N) is 2. The number of rotatable bonds is 3. The Hall–Kier alpha value is -1.13. The highest BCUT2D eigenvalue weighted by Crippen LogP contribution is 2.20. The van der Waals surface area contributed by atoms with Gasteiger partial charge in [0.25, 0.3) is 0 Å². The molecule has 0 spiro atoms. The normalized spacial score (nSPS) is 19.8. The van der Waals surface area contributed by atoms with Crippen LogP contribution in [0.1, 0.15) is 24.5 Å². The standard InChI is InChI=1S/C14H21N3S/c1-4-7-16-9-15-14(18)17(10-16)13-6-5-11(2)8-12(13)3/h5-6,8H,4,7,9-10H2,1-3H3,(H,15,18)/p+1. The third kappa shape index (κ3) is 2.82. The molecule has 1 atom stereocenters. The molecule has 98 valence electrons. The molecule has 4 heteroatoms. The summed E-state index contributed by atoms with van der Waals surface area (Å²) in [5, 5.41) is 4.18. The SMILES string of the molecule is CCC[NH+]1CNC(=S)N(c2ccc(C)cc2C)C1. The van der Waals surface area contributed by atoms with Crippen molar-refractivity contribution in [3.8, 4) is 0 Å². The van der Waals surface area contributed by atoms with Crippen LogP contribution in [0.3, 0.4) is 0 Å². The van der Waals surface area contributed by atoms with E-state index in [1.54, 1.807) is 0 Å². The minimum absolute atomic E-state index is 0.849. The number of nitrogens with zero attached hydrogens (tertiary/aromatic N) is 1. The van der Waals surface area contributed by atoms with E-state index in [9.17, 15) is 0 Å². The molecule has 0 aromatic heterocycles. The van der Waals surface area contributed by atoms with E-state index in [4.69, 9.17) is 12.2 Å². The Morgan fingerprint density at radius 1 is 1.39 bits per heavy atom. The summed E-state index contributed by atoms with van der Waals surface area (Å²) in [6.07, 6.45) is 1.20. The van der Waals surface area contributed by atoms with Crippen LogP contribution < -0.4 is 15.1 Å². The van der Waals surface area contributed by atoms with Crippen LogP contribution in [0.25, 0.3) is 0 Å². The van der Waals surface area contributed by atoms with Crippen LogP contribution in [-0.4, -0.2) is 25.0 Å². The van der Waals surface area contributed by atoms with E-state index in [0.717, 1.165) is 18.4 Å². The van der Waals surface area contributed by atoms with Gasteiger partial charge in [0.05, 0.1) is 12.2 Å². The summed E-state index contributed by atoms with van der Waals surface area (Å²) in [6, 6.07) is 6.54. The lowest BCUT2D eigenvalue weighted by molar-refractivity contribution is -0.903. The molecule has 18 heavy (non-hydrogen) atoms. The molecule has 0 saturated carbocycles. The summed E-state index contributed by atoms with van der Waals surface area (Å²) in [7, 11) is 0. The maximum absolute atomic E-state index is 5.44. The maximum atomic E-state index is 5.44. The number of anilines is 1. The number of hydrogen-bond acceptors (Lipinski definition) is 1. The largest absolute Gasteiger partial charge is 0.315 e. The smallest absolute Gasteiger partial charge is 0.182 e. The van der Waals surface area contributed by atoms with Crippen molar-refractivity contribution in [1.29, 1.82) is 0 Å². The molecule has 1 unspecified atom stereocenters. The summed E-state index contributed by atoms with van der Waals surface area (Å²) in [5.74, 6) is 0. The zero-order valence-electron chi connectivity index (χ0n) is 11.4. The van der Waals surface area contributed by atoms with E-state index in [1.165, 1.54) is 34.7 Å². The highest BCUT2D eigenvalue weighted by molar-refractivity contribution is 7.80. The Labute approximate surface area is 115 Å². The van der Waals surface area contributed by atoms with Crippen LogP contribution >= 0.6 is 12.2 Å². The average Bonchev–Trinajstić information content (AvgIpc) is 2.33. The Balaban J connectivity index is 2.21. The Bertz CT molecular complexity index is 445. The molecule has 0 amide bonds. The maximum Gasteiger partial charge on any atom is 0.182 e. The first-order valence-electron chi connectivity index (χ1n) is 6.58. The molecule has 1 aromatic carbocycles. The summed E-state index contributed by atoms with van der Waals surface area (Å²) < 4.78 is 0. The number of thiocarbonyl (C=S) groups is 1. The number of aryl methyl sites for hydroxylation is 2. The molecule has 3 nitrogen and oxygen atoms in total. The van der Waals surface area contributed by atoms with Crippen LogP contribution in [0.5, 0.6) is 0 Å². The van der Waals surface area contributed by atoms with Gasteiger partial charge in [-0.1, -0.05) is 24.6 Å². The fourth-order valence-corrected chi connectivity index (χ4v) is 2.71. The first kappa shape index (κ1) is 13.3. The summed E-state index contributed by atoms with van der Waals surface area (Å²) in [4.78, 5) is 3.75. The molecule has 0 aliphatic carbocycles. The second kappa shape index (κ2) is 5.67. The Kier molecular flexibility index (Phi) is 4.19. The van der Waals surface area contributed by atoms with Crippen molar-refractivity contribution in [3.63, 3.8) is 0 Å². The molecule has 1 aliphatic rings. The predicted molar refractivity (Wildman–Crippen MR) is 80.0 cm³/mol. The summed E-state index contributed by atoms with van der Waals surface area (Å²) in [5.41, 5.74) is 3.81. The van der Waals surface area contributed by atoms with Crippen molar-refractivity contribution in [3.05, 3.63) is 29.3 Å². The van der Waals surface area contributed by atoms with Crippen LogP contribution in [0.2, 0.25) is 0 Å². The van der Waals surface area contributed by atoms with E-state index in [1.807, 2.05) is 0 Å². The first-order valence-corrected chi connectivity index (χ1v) is 6.99. The minimum Gasteiger partial charge on any atom is -0.315 e. The van der Waals surface area contributed by atoms with Crippen molar-refractivity contribution < 1.29 is 4.90 Å². The van der Waals surface area contributed by atoms with Crippen molar-refractivity contribution in [2.24, 2.45) is 0 Å². The van der Waals surface area contributed by atoms with E-state index >= 15 is 0 Å². The van der Waals surface area contributed by atoms with Gasteiger partial charge in [-0.3, -0.25) is 4.90 Å². The molecule has 1 aromatic rings. The number of quaternary nitrogens is 1. The van der Waals surface area contributed by atoms with Gasteiger partial charge in [0.2, 0.25) is 0 Å². The van der Waals surface area contributed by atoms with Gasteiger partial charge in [-0.2, -0.15) is 0 Å². The molecule has 0 radical (unpaired) electrons. The van der Waals surface area contributed by atoms with Crippen molar-refractivity contribution in [2.45, 2.75) is 27.2 Å². The lowest BCUT2D eigenvalue weighted by Gasteiger charge is -2.35. The first-order chi connectivity index (χ1) is 8.61. The van der Waals surface area contributed by atoms with Gasteiger partial charge in [0, 0.05) is 0 Å². The van der Waals surface area contributed by atoms with E-state index in [2.05, 4.69) is 49.2 Å². The van der Waals surface area contributed by atoms with Gasteiger partial charge in [0.1, 0.15) is 0 Å². The second-order valence-electron chi connectivity index (χ2n) is 5.03. The quantitative estimate of drug-likeness (QED) is 0.801. The topological polar surface area (TPSA) is 19.7 Å². The monoisotopic (exact) mass is 264 g/mol. The molecular formula is C14H22N3S+. The molecule has 1 fully saturated rings. The third-order valence-electron chi connectivity index (χ3n) is 3.36. The summed E-state index contributed by atoms with van der Waals surface area (Å²) in [6.45, 7) is 9.58. The summed E-state index contributed by atoms with van der Waals surface area (Å²) >= 11 is 5.44. The fourth-order valence-electron chi connectivity index (χ4n) is 2.47. The lowest BCUT2D eigenvalue weighted by atomic mass is 10.1. The fraction of sp³-hybridized carbons (Fsp3) is 0.500. The molecule has 1 heterocycles. The number of hydrogen-bond donors (Lipinski definition) is 2. The molecule has 1 aliphatic heterocycles. The van der Waals surface area contributed by atoms with Gasteiger partial charge >= 0.3 is 0 Å². The van der Waals surface area contributed by atoms with Crippen LogP contribution in [0, 0.1) is 13.8 Å². The predicted octanol–water partition coefficient (Wildman–Crippen LogP) is 1.21. The van der Waals surface area contributed by atoms with Gasteiger partial charge in [-0.15, -0.1) is 0 Å². The minimum atomic E-state index is 0.849. The second-order valence-corrected chi connectivity index (χ2v) is 5.42. The van der Waals surface area contributed by atoms with Crippen molar-refractivity contribution in [2.75, 3.05) is 24.8 Å². The van der Waals surface area contributed by atoms with E-state index < -0.39 is 0 Å². The molecule has 2 rings (SSSR count). The van der Waals surface area contributed by atoms with Crippen molar-refractivity contribution in [1.82, 2.24) is 5.32 Å². The van der Waals surface area contributed by atoms with E-state index in [0.29, 0.717) is 0 Å². The molecule has 1 saturated heterocycles. The van der Waals surface area contributed by atoms with Crippen LogP contribution in [-0.2, 0) is 0 Å². The zero-order chi connectivity index (χ0) is 13.1. The molecule has 0 bridgehead atoms. The van der Waals surface area contributed by atoms with Crippen LogP contribution in [0.4, 0.5) is 5.69 Å². The lowest BCUT2D eigenvalue weighted by Crippen LogP contribution is -3.17. The van der Waals surface area contributed by atoms with Gasteiger partial charge < -0.3 is 10.2 Å². The molecule has 2 N–H and O–H groups in total. The Morgan fingerprint density at radius 2 is 2.17 bits per heavy atom. The third-order valence-corrected chi connectivity index (χ3v) is 3.73. The Morgan fingerprint density at radius 3 is 2.83 bits per heavy atom. The van der Waals surface area contributed by atoms with Gasteiger partial charge in [-0.25, -0.2) is 0 Å². The number of benzene rings is 1. The van der Waals surface area contributed by atoms with Crippen LogP contribution in [0.15, 0.2) is 18.2 Å². The zero-order valence-corrected chi connectivity index (χ0v) is 12.2. The van der Waals surface area contributed by atoms with Crippen molar-refractivity contribution >= 4 is 23.0 Å². The van der Waals surface area contributed by atoms with Gasteiger partial charge in [-0.05, 0) is 44.1 Å². The average molecular weight is 264 g/mol. The molecular weight excluding hydrogens is 242 g/mol. The van der Waals surface area contributed by atoms with E-state index in [-0.39, 0.29) is 0 Å². The van der Waals surface area contributed by atoms with Gasteiger partial charge in [0.15, 0.2) is 18.4 Å². The highest BCUT2D eigenvalue weighted by atomic mass is 32.1.